The van der Waals surface area contributed by atoms with Gasteiger partial charge in [0.1, 0.15) is 6.17 Å². The zero-order chi connectivity index (χ0) is 6.97. The monoisotopic (exact) mass is 143 g/mol. The minimum absolute atomic E-state index is 0.236. The molecule has 1 heterocycles. The average Bonchev–Trinajstić information content (AvgIpc) is 2.39. The zero-order valence-corrected chi connectivity index (χ0v) is 6.15. The van der Waals surface area contributed by atoms with E-state index in [0.29, 0.717) is 5.92 Å². The molecule has 0 aromatic rings. The van der Waals surface area contributed by atoms with Crippen molar-refractivity contribution in [2.45, 2.75) is 37.9 Å². The second-order valence-corrected chi connectivity index (χ2v) is 3.44. The Bertz CT molecular complexity index is 112. The Morgan fingerprint density at radius 1 is 1.20 bits per heavy atom. The second kappa shape index (κ2) is 2.50. The fourth-order valence-electron chi connectivity index (χ4n) is 1.89. The molecular weight excluding hydrogens is 129 g/mol. The zero-order valence-electron chi connectivity index (χ0n) is 6.15. The van der Waals surface area contributed by atoms with E-state index in [9.17, 15) is 4.39 Å². The summed E-state index contributed by atoms with van der Waals surface area (Å²) >= 11 is 0. The second-order valence-electron chi connectivity index (χ2n) is 3.44. The number of fused-ring (bicyclic) bond motifs is 1. The summed E-state index contributed by atoms with van der Waals surface area (Å²) in [5, 5.41) is 3.23. The number of hydrogen-bond acceptors (Lipinski definition) is 1. The van der Waals surface area contributed by atoms with Gasteiger partial charge >= 0.3 is 0 Å². The van der Waals surface area contributed by atoms with E-state index in [2.05, 4.69) is 5.32 Å². The topological polar surface area (TPSA) is 12.0 Å². The molecule has 3 unspecified atom stereocenters. The van der Waals surface area contributed by atoms with Crippen molar-refractivity contribution in [3.05, 3.63) is 0 Å². The highest BCUT2D eigenvalue weighted by molar-refractivity contribution is 5.04. The van der Waals surface area contributed by atoms with Gasteiger partial charge in [-0.15, -0.1) is 0 Å². The smallest absolute Gasteiger partial charge is 0.120 e. The van der Waals surface area contributed by atoms with E-state index < -0.39 is 6.17 Å². The average molecular weight is 143 g/mol. The van der Waals surface area contributed by atoms with Gasteiger partial charge in [0, 0.05) is 12.0 Å². The van der Waals surface area contributed by atoms with E-state index >= 15 is 0 Å². The van der Waals surface area contributed by atoms with Crippen molar-refractivity contribution in [3.63, 3.8) is 0 Å². The van der Waals surface area contributed by atoms with Crippen molar-refractivity contribution in [1.29, 1.82) is 0 Å². The number of hydrogen-bond donors (Lipinski definition) is 1. The minimum Gasteiger partial charge on any atom is -0.311 e. The Labute approximate surface area is 61.0 Å². The summed E-state index contributed by atoms with van der Waals surface area (Å²) in [6, 6.07) is 0.236. The molecule has 0 aromatic heterocycles. The SMILES string of the molecule is FC1C2CCCCCNC12. The van der Waals surface area contributed by atoms with Crippen LogP contribution in [-0.4, -0.2) is 18.8 Å². The van der Waals surface area contributed by atoms with Crippen molar-refractivity contribution in [1.82, 2.24) is 5.32 Å². The molecule has 0 radical (unpaired) electrons. The van der Waals surface area contributed by atoms with Gasteiger partial charge in [0.25, 0.3) is 0 Å². The molecule has 1 aliphatic heterocycles. The van der Waals surface area contributed by atoms with Crippen molar-refractivity contribution in [2.75, 3.05) is 6.54 Å². The molecule has 2 aliphatic rings. The predicted molar refractivity (Wildman–Crippen MR) is 38.6 cm³/mol. The van der Waals surface area contributed by atoms with Crippen molar-refractivity contribution in [2.24, 2.45) is 5.92 Å². The molecule has 0 bridgehead atoms. The summed E-state index contributed by atoms with van der Waals surface area (Å²) in [6.45, 7) is 1.03. The van der Waals surface area contributed by atoms with Crippen molar-refractivity contribution >= 4 is 0 Å². The lowest BCUT2D eigenvalue weighted by molar-refractivity contribution is 0.428. The lowest BCUT2D eigenvalue weighted by atomic mass is 10.1. The summed E-state index contributed by atoms with van der Waals surface area (Å²) in [7, 11) is 0. The molecule has 3 atom stereocenters. The fraction of sp³-hybridized carbons (Fsp3) is 1.00. The van der Waals surface area contributed by atoms with E-state index in [1.165, 1.54) is 19.3 Å². The van der Waals surface area contributed by atoms with Gasteiger partial charge in [-0.05, 0) is 19.4 Å². The standard InChI is InChI=1S/C8H14FN/c9-7-6-4-2-1-3-5-10-8(6)7/h6-8,10H,1-5H2. The lowest BCUT2D eigenvalue weighted by Gasteiger charge is -2.06. The summed E-state index contributed by atoms with van der Waals surface area (Å²) in [6.07, 6.45) is 4.35. The number of nitrogens with one attached hydrogen (secondary N) is 1. The summed E-state index contributed by atoms with van der Waals surface area (Å²) in [5.41, 5.74) is 0. The van der Waals surface area contributed by atoms with Crippen LogP contribution in [-0.2, 0) is 0 Å². The molecular formula is C8H14FN. The molecule has 1 saturated heterocycles. The first-order valence-electron chi connectivity index (χ1n) is 4.27. The Morgan fingerprint density at radius 2 is 2.10 bits per heavy atom. The van der Waals surface area contributed by atoms with Gasteiger partial charge in [-0.2, -0.15) is 0 Å². The van der Waals surface area contributed by atoms with Crippen molar-refractivity contribution in [3.8, 4) is 0 Å². The molecule has 0 aromatic carbocycles. The Kier molecular flexibility index (Phi) is 1.65. The highest BCUT2D eigenvalue weighted by Gasteiger charge is 2.50. The summed E-state index contributed by atoms with van der Waals surface area (Å²) in [5.74, 6) is 0.375. The predicted octanol–water partition coefficient (Wildman–Crippen LogP) is 1.49. The van der Waals surface area contributed by atoms with Crippen LogP contribution < -0.4 is 5.32 Å². The molecule has 0 amide bonds. The largest absolute Gasteiger partial charge is 0.311 e. The van der Waals surface area contributed by atoms with E-state index in [4.69, 9.17) is 0 Å². The van der Waals surface area contributed by atoms with Gasteiger partial charge in [-0.25, -0.2) is 4.39 Å². The third kappa shape index (κ3) is 1.05. The Hall–Kier alpha value is -0.110. The van der Waals surface area contributed by atoms with Crippen LogP contribution in [0.25, 0.3) is 0 Å². The van der Waals surface area contributed by atoms with Crippen LogP contribution in [0.2, 0.25) is 0 Å². The van der Waals surface area contributed by atoms with Gasteiger partial charge in [-0.3, -0.25) is 0 Å². The summed E-state index contributed by atoms with van der Waals surface area (Å²) in [4.78, 5) is 0. The van der Waals surface area contributed by atoms with Crippen LogP contribution in [0, 0.1) is 5.92 Å². The number of rotatable bonds is 0. The normalized spacial score (nSPS) is 47.1. The molecule has 0 spiro atoms. The van der Waals surface area contributed by atoms with Gasteiger partial charge in [0.2, 0.25) is 0 Å². The van der Waals surface area contributed by atoms with Crippen LogP contribution in [0.5, 0.6) is 0 Å². The highest BCUT2D eigenvalue weighted by atomic mass is 19.1. The first kappa shape index (κ1) is 6.59. The Balaban J connectivity index is 1.86. The number of alkyl halides is 1. The van der Waals surface area contributed by atoms with Gasteiger partial charge in [0.05, 0.1) is 0 Å². The first-order chi connectivity index (χ1) is 4.89. The molecule has 1 saturated carbocycles. The first-order valence-corrected chi connectivity index (χ1v) is 4.27. The van der Waals surface area contributed by atoms with E-state index in [1.54, 1.807) is 0 Å². The fourth-order valence-corrected chi connectivity index (χ4v) is 1.89. The molecule has 10 heavy (non-hydrogen) atoms. The maximum Gasteiger partial charge on any atom is 0.120 e. The third-order valence-corrected chi connectivity index (χ3v) is 2.67. The molecule has 2 rings (SSSR count). The van der Waals surface area contributed by atoms with Crippen LogP contribution in [0.15, 0.2) is 0 Å². The number of halogens is 1. The van der Waals surface area contributed by atoms with Crippen molar-refractivity contribution < 1.29 is 4.39 Å². The van der Waals surface area contributed by atoms with Crippen LogP contribution in [0.1, 0.15) is 25.7 Å². The van der Waals surface area contributed by atoms with Gasteiger partial charge in [-0.1, -0.05) is 12.8 Å². The molecule has 58 valence electrons. The van der Waals surface area contributed by atoms with Crippen LogP contribution >= 0.6 is 0 Å². The van der Waals surface area contributed by atoms with E-state index in [-0.39, 0.29) is 6.04 Å². The van der Waals surface area contributed by atoms with Crippen LogP contribution in [0.3, 0.4) is 0 Å². The molecule has 1 nitrogen and oxygen atoms in total. The molecule has 1 aliphatic carbocycles. The van der Waals surface area contributed by atoms with Gasteiger partial charge < -0.3 is 5.32 Å². The Morgan fingerprint density at radius 3 is 3.00 bits per heavy atom. The van der Waals surface area contributed by atoms with E-state index in [1.807, 2.05) is 0 Å². The van der Waals surface area contributed by atoms with Crippen LogP contribution in [0.4, 0.5) is 4.39 Å². The maximum absolute atomic E-state index is 12.8. The molecule has 2 heteroatoms. The third-order valence-electron chi connectivity index (χ3n) is 2.67. The molecule has 1 N–H and O–H groups in total. The lowest BCUT2D eigenvalue weighted by Crippen LogP contribution is -2.22. The quantitative estimate of drug-likeness (QED) is 0.541. The molecule has 2 fully saturated rings. The highest BCUT2D eigenvalue weighted by Crippen LogP contribution is 2.39. The minimum atomic E-state index is -0.516. The summed E-state index contributed by atoms with van der Waals surface area (Å²) < 4.78 is 12.8. The van der Waals surface area contributed by atoms with E-state index in [0.717, 1.165) is 13.0 Å². The van der Waals surface area contributed by atoms with Gasteiger partial charge in [0.15, 0.2) is 0 Å². The maximum atomic E-state index is 12.8.